The molecule has 4 heteroatoms. The van der Waals surface area contributed by atoms with Crippen LogP contribution in [0.3, 0.4) is 0 Å². The quantitative estimate of drug-likeness (QED) is 0.525. The predicted octanol–water partition coefficient (Wildman–Crippen LogP) is 6.18. The van der Waals surface area contributed by atoms with Gasteiger partial charge in [0.05, 0.1) is 0 Å². The fourth-order valence-electron chi connectivity index (χ4n) is 5.40. The van der Waals surface area contributed by atoms with Crippen molar-refractivity contribution in [3.8, 4) is 0 Å². The van der Waals surface area contributed by atoms with Crippen molar-refractivity contribution in [3.63, 3.8) is 0 Å². The number of amides is 1. The Labute approximate surface area is 183 Å². The molecule has 0 bridgehead atoms. The maximum Gasteiger partial charge on any atom is 0.220 e. The van der Waals surface area contributed by atoms with E-state index >= 15 is 0 Å². The number of rotatable bonds is 9. The van der Waals surface area contributed by atoms with Gasteiger partial charge in [-0.2, -0.15) is 5.06 Å². The molecule has 1 heterocycles. The number of nitrogens with one attached hydrogen (secondary N) is 1. The van der Waals surface area contributed by atoms with Crippen LogP contribution in [0, 0.1) is 5.92 Å². The third-order valence-electron chi connectivity index (χ3n) is 6.92. The van der Waals surface area contributed by atoms with Crippen molar-refractivity contribution in [2.75, 3.05) is 0 Å². The Hall–Kier alpha value is -1.39. The van der Waals surface area contributed by atoms with Crippen LogP contribution in [0.4, 0.5) is 0 Å². The second-order valence-electron chi connectivity index (χ2n) is 10.7. The van der Waals surface area contributed by atoms with Gasteiger partial charge >= 0.3 is 0 Å². The van der Waals surface area contributed by atoms with Gasteiger partial charge in [0, 0.05) is 23.5 Å². The van der Waals surface area contributed by atoms with Gasteiger partial charge in [-0.15, -0.1) is 0 Å². The Balaban J connectivity index is 1.64. The lowest BCUT2D eigenvalue weighted by Crippen LogP contribution is -2.64. The number of carbonyl (C=O) groups is 1. The molecule has 1 saturated heterocycles. The first-order valence-corrected chi connectivity index (χ1v) is 12.0. The average Bonchev–Trinajstić information content (AvgIpc) is 2.62. The zero-order valence-corrected chi connectivity index (χ0v) is 19.7. The van der Waals surface area contributed by atoms with Crippen LogP contribution >= 0.6 is 0 Å². The number of benzene rings is 1. The summed E-state index contributed by atoms with van der Waals surface area (Å²) in [6.07, 6.45) is 9.62. The zero-order chi connectivity index (χ0) is 21.8. The molecule has 2 aliphatic rings. The van der Waals surface area contributed by atoms with Crippen LogP contribution in [0.2, 0.25) is 0 Å². The summed E-state index contributed by atoms with van der Waals surface area (Å²) in [6, 6.07) is 10.8. The molecule has 1 saturated carbocycles. The van der Waals surface area contributed by atoms with Crippen molar-refractivity contribution < 1.29 is 9.63 Å². The molecule has 1 atom stereocenters. The van der Waals surface area contributed by atoms with Gasteiger partial charge in [-0.1, -0.05) is 62.9 Å². The Morgan fingerprint density at radius 1 is 1.13 bits per heavy atom. The van der Waals surface area contributed by atoms with Crippen LogP contribution in [0.25, 0.3) is 0 Å². The lowest BCUT2D eigenvalue weighted by atomic mass is 9.78. The van der Waals surface area contributed by atoms with E-state index in [-0.39, 0.29) is 29.1 Å². The summed E-state index contributed by atoms with van der Waals surface area (Å²) in [5.41, 5.74) is 0.917. The van der Waals surface area contributed by atoms with Gasteiger partial charge in [-0.05, 0) is 64.9 Å². The van der Waals surface area contributed by atoms with E-state index in [9.17, 15) is 4.79 Å². The van der Waals surface area contributed by atoms with Crippen LogP contribution in [0.5, 0.6) is 0 Å². The molecule has 30 heavy (non-hydrogen) atoms. The predicted molar refractivity (Wildman–Crippen MR) is 123 cm³/mol. The van der Waals surface area contributed by atoms with Crippen LogP contribution in [0.15, 0.2) is 30.3 Å². The van der Waals surface area contributed by atoms with Gasteiger partial charge in [0.1, 0.15) is 6.10 Å². The Morgan fingerprint density at radius 2 is 1.77 bits per heavy atom. The zero-order valence-electron chi connectivity index (χ0n) is 19.7. The van der Waals surface area contributed by atoms with Crippen LogP contribution in [-0.2, 0) is 9.63 Å². The minimum Gasteiger partial charge on any atom is -0.353 e. The molecule has 1 amide bonds. The lowest BCUT2D eigenvalue weighted by Gasteiger charge is -2.54. The summed E-state index contributed by atoms with van der Waals surface area (Å²) in [5, 5.41) is 5.57. The highest BCUT2D eigenvalue weighted by Crippen LogP contribution is 2.41. The maximum absolute atomic E-state index is 12.6. The molecule has 1 aliphatic heterocycles. The van der Waals surface area contributed by atoms with Crippen LogP contribution in [-0.4, -0.2) is 28.1 Å². The normalized spacial score (nSPS) is 23.0. The highest BCUT2D eigenvalue weighted by Gasteiger charge is 2.47. The number of hydrogen-bond donors (Lipinski definition) is 1. The van der Waals surface area contributed by atoms with Gasteiger partial charge in [-0.3, -0.25) is 9.63 Å². The summed E-state index contributed by atoms with van der Waals surface area (Å²) in [5.74, 6) is 1.01. The van der Waals surface area contributed by atoms with Crippen LogP contribution in [0.1, 0.15) is 104 Å². The van der Waals surface area contributed by atoms with E-state index in [0.717, 1.165) is 38.0 Å². The van der Waals surface area contributed by atoms with Crippen molar-refractivity contribution in [2.45, 2.75) is 116 Å². The Kier molecular flexibility index (Phi) is 7.62. The molecule has 1 N–H and O–H groups in total. The smallest absolute Gasteiger partial charge is 0.220 e. The molecular formula is C26H42N2O2. The second kappa shape index (κ2) is 9.82. The van der Waals surface area contributed by atoms with E-state index in [1.54, 1.807) is 0 Å². The fourth-order valence-corrected chi connectivity index (χ4v) is 5.40. The van der Waals surface area contributed by atoms with E-state index in [2.05, 4.69) is 75.3 Å². The summed E-state index contributed by atoms with van der Waals surface area (Å²) in [7, 11) is 0. The highest BCUT2D eigenvalue weighted by atomic mass is 16.7. The summed E-state index contributed by atoms with van der Waals surface area (Å²) in [4.78, 5) is 19.3. The number of carbonyl (C=O) groups excluding carboxylic acids is 1. The molecule has 0 spiro atoms. The number of hydroxylamine groups is 2. The van der Waals surface area contributed by atoms with Crippen molar-refractivity contribution in [1.29, 1.82) is 0 Å². The van der Waals surface area contributed by atoms with E-state index in [0.29, 0.717) is 6.42 Å². The molecule has 0 radical (unpaired) electrons. The summed E-state index contributed by atoms with van der Waals surface area (Å²) < 4.78 is 0. The van der Waals surface area contributed by atoms with Crippen LogP contribution < -0.4 is 5.32 Å². The van der Waals surface area contributed by atoms with E-state index in [4.69, 9.17) is 4.84 Å². The molecule has 1 aromatic rings. The van der Waals surface area contributed by atoms with Crippen molar-refractivity contribution in [1.82, 2.24) is 10.4 Å². The molecule has 4 nitrogen and oxygen atoms in total. The number of hydrogen-bond acceptors (Lipinski definition) is 3. The minimum absolute atomic E-state index is 0.0587. The summed E-state index contributed by atoms with van der Waals surface area (Å²) >= 11 is 0. The van der Waals surface area contributed by atoms with Crippen molar-refractivity contribution >= 4 is 5.91 Å². The van der Waals surface area contributed by atoms with Gasteiger partial charge in [0.25, 0.3) is 0 Å². The average molecular weight is 415 g/mol. The highest BCUT2D eigenvalue weighted by molar-refractivity contribution is 5.76. The molecule has 1 aromatic carbocycles. The van der Waals surface area contributed by atoms with Gasteiger partial charge < -0.3 is 5.32 Å². The first-order chi connectivity index (χ1) is 14.2. The first kappa shape index (κ1) is 23.3. The topological polar surface area (TPSA) is 41.6 Å². The molecule has 1 unspecified atom stereocenters. The molecule has 3 rings (SSSR count). The van der Waals surface area contributed by atoms with E-state index in [1.807, 2.05) is 0 Å². The Morgan fingerprint density at radius 3 is 2.30 bits per heavy atom. The molecular weight excluding hydrogens is 372 g/mol. The largest absolute Gasteiger partial charge is 0.353 e. The summed E-state index contributed by atoms with van der Waals surface area (Å²) in [6.45, 7) is 11.2. The monoisotopic (exact) mass is 414 g/mol. The van der Waals surface area contributed by atoms with Crippen molar-refractivity contribution in [2.24, 2.45) is 5.92 Å². The molecule has 1 aliphatic carbocycles. The third-order valence-corrected chi connectivity index (χ3v) is 6.92. The van der Waals surface area contributed by atoms with Gasteiger partial charge in [0.2, 0.25) is 5.91 Å². The molecule has 168 valence electrons. The van der Waals surface area contributed by atoms with Gasteiger partial charge in [0.15, 0.2) is 0 Å². The number of piperidine rings is 1. The second-order valence-corrected chi connectivity index (χ2v) is 10.7. The van der Waals surface area contributed by atoms with Gasteiger partial charge in [-0.25, -0.2) is 0 Å². The fraction of sp³-hybridized carbons (Fsp3) is 0.731. The maximum atomic E-state index is 12.6. The first-order valence-electron chi connectivity index (χ1n) is 12.0. The SMILES string of the molecule is CCCC(ON1C(C)(C)CC(NC(=O)CCC2CCC2)CC1(C)C)c1ccccc1. The number of nitrogens with zero attached hydrogens (tertiary/aromatic N) is 1. The van der Waals surface area contributed by atoms with E-state index in [1.165, 1.54) is 24.8 Å². The van der Waals surface area contributed by atoms with Crippen molar-refractivity contribution in [3.05, 3.63) is 35.9 Å². The minimum atomic E-state index is -0.158. The standard InChI is InChI=1S/C26H42N2O2/c1-6-11-23(21-14-8-7-9-15-21)30-28-25(2,3)18-22(19-26(28,4)5)27-24(29)17-16-20-12-10-13-20/h7-9,14-15,20,22-23H,6,10-13,16-19H2,1-5H3,(H,27,29). The third kappa shape index (κ3) is 5.85. The molecule has 2 fully saturated rings. The Bertz CT molecular complexity index is 664. The van der Waals surface area contributed by atoms with E-state index < -0.39 is 0 Å². The molecule has 0 aromatic heterocycles. The lowest BCUT2D eigenvalue weighted by molar-refractivity contribution is -0.310.